The molecule has 1 saturated carbocycles. The maximum absolute atomic E-state index is 5.68. The van der Waals surface area contributed by atoms with Crippen molar-refractivity contribution >= 4 is 22.8 Å². The zero-order valence-electron chi connectivity index (χ0n) is 9.45. The van der Waals surface area contributed by atoms with Crippen molar-refractivity contribution in [2.45, 2.75) is 26.3 Å². The zero-order valence-corrected chi connectivity index (χ0v) is 9.45. The van der Waals surface area contributed by atoms with E-state index in [1.54, 1.807) is 6.07 Å². The number of benzene rings is 1. The Morgan fingerprint density at radius 1 is 1.50 bits per heavy atom. The lowest BCUT2D eigenvalue weighted by Gasteiger charge is -2.02. The average Bonchev–Trinajstić information content (AvgIpc) is 2.64. The summed E-state index contributed by atoms with van der Waals surface area (Å²) in [7, 11) is 0. The molecule has 4 nitrogen and oxygen atoms in total. The maximum atomic E-state index is 5.68. The van der Waals surface area contributed by atoms with Gasteiger partial charge in [-0.1, -0.05) is 13.8 Å². The topological polar surface area (TPSA) is 64.1 Å². The van der Waals surface area contributed by atoms with E-state index in [2.05, 4.69) is 24.1 Å². The van der Waals surface area contributed by atoms with Crippen molar-refractivity contribution < 1.29 is 4.42 Å². The molecule has 0 amide bonds. The predicted octanol–water partition coefficient (Wildman–Crippen LogP) is 2.62. The van der Waals surface area contributed by atoms with Gasteiger partial charge in [0, 0.05) is 17.8 Å². The highest BCUT2D eigenvalue weighted by Gasteiger charge is 2.46. The summed E-state index contributed by atoms with van der Waals surface area (Å²) in [5.74, 6) is 0. The van der Waals surface area contributed by atoms with Crippen molar-refractivity contribution in [1.82, 2.24) is 4.98 Å². The smallest absolute Gasteiger partial charge is 0.295 e. The first-order valence-corrected chi connectivity index (χ1v) is 5.47. The van der Waals surface area contributed by atoms with Gasteiger partial charge in [0.05, 0.1) is 0 Å². The van der Waals surface area contributed by atoms with E-state index in [1.165, 1.54) is 0 Å². The molecule has 1 fully saturated rings. The highest BCUT2D eigenvalue weighted by atomic mass is 16.4. The van der Waals surface area contributed by atoms with Gasteiger partial charge in [0.25, 0.3) is 6.01 Å². The number of hydrogen-bond donors (Lipinski definition) is 2. The fourth-order valence-electron chi connectivity index (χ4n) is 1.87. The molecule has 1 aliphatic carbocycles. The van der Waals surface area contributed by atoms with Crippen LogP contribution < -0.4 is 11.1 Å². The fourth-order valence-corrected chi connectivity index (χ4v) is 1.87. The van der Waals surface area contributed by atoms with Crippen LogP contribution in [0.1, 0.15) is 20.3 Å². The molecule has 1 unspecified atom stereocenters. The van der Waals surface area contributed by atoms with Crippen LogP contribution in [0.5, 0.6) is 0 Å². The number of fused-ring (bicyclic) bond motifs is 1. The minimum Gasteiger partial charge on any atom is -0.423 e. The third-order valence-corrected chi connectivity index (χ3v) is 3.22. The molecule has 84 valence electrons. The maximum Gasteiger partial charge on any atom is 0.295 e. The van der Waals surface area contributed by atoms with Gasteiger partial charge in [-0.3, -0.25) is 0 Å². The van der Waals surface area contributed by atoms with Crippen molar-refractivity contribution in [3.05, 3.63) is 18.2 Å². The molecule has 1 aromatic carbocycles. The predicted molar refractivity (Wildman–Crippen MR) is 64.2 cm³/mol. The molecule has 0 spiro atoms. The van der Waals surface area contributed by atoms with E-state index in [-0.39, 0.29) is 0 Å². The monoisotopic (exact) mass is 217 g/mol. The molecule has 1 heterocycles. The molecule has 3 rings (SSSR count). The van der Waals surface area contributed by atoms with Crippen LogP contribution in [0.4, 0.5) is 11.7 Å². The van der Waals surface area contributed by atoms with E-state index < -0.39 is 0 Å². The first-order valence-electron chi connectivity index (χ1n) is 5.47. The molecule has 4 heteroatoms. The minimum absolute atomic E-state index is 0.361. The first-order chi connectivity index (χ1) is 7.54. The zero-order chi connectivity index (χ0) is 11.3. The number of aromatic nitrogens is 1. The van der Waals surface area contributed by atoms with Gasteiger partial charge in [0.15, 0.2) is 5.58 Å². The van der Waals surface area contributed by atoms with Gasteiger partial charge in [-0.25, -0.2) is 0 Å². The van der Waals surface area contributed by atoms with Gasteiger partial charge >= 0.3 is 0 Å². The third kappa shape index (κ3) is 1.50. The number of rotatable bonds is 2. The van der Waals surface area contributed by atoms with Crippen molar-refractivity contribution in [2.75, 3.05) is 11.1 Å². The third-order valence-electron chi connectivity index (χ3n) is 3.22. The van der Waals surface area contributed by atoms with Crippen LogP contribution >= 0.6 is 0 Å². The summed E-state index contributed by atoms with van der Waals surface area (Å²) in [6.07, 6.45) is 1.16. The summed E-state index contributed by atoms with van der Waals surface area (Å²) in [5.41, 5.74) is 8.32. The second-order valence-electron chi connectivity index (χ2n) is 5.14. The Balaban J connectivity index is 1.88. The summed E-state index contributed by atoms with van der Waals surface area (Å²) in [4.78, 5) is 4.37. The van der Waals surface area contributed by atoms with E-state index in [0.717, 1.165) is 17.5 Å². The van der Waals surface area contributed by atoms with Gasteiger partial charge in [-0.05, 0) is 24.0 Å². The Kier molecular flexibility index (Phi) is 1.73. The van der Waals surface area contributed by atoms with E-state index in [4.69, 9.17) is 10.2 Å². The van der Waals surface area contributed by atoms with Crippen molar-refractivity contribution in [1.29, 1.82) is 0 Å². The van der Waals surface area contributed by atoms with Crippen molar-refractivity contribution in [3.63, 3.8) is 0 Å². The number of nitrogens with one attached hydrogen (secondary N) is 1. The van der Waals surface area contributed by atoms with E-state index in [9.17, 15) is 0 Å². The molecule has 1 atom stereocenters. The van der Waals surface area contributed by atoms with Crippen LogP contribution in [-0.4, -0.2) is 11.0 Å². The van der Waals surface area contributed by atoms with Crippen LogP contribution in [-0.2, 0) is 0 Å². The Labute approximate surface area is 93.8 Å². The van der Waals surface area contributed by atoms with Crippen LogP contribution in [0, 0.1) is 5.41 Å². The normalized spacial score (nSPS) is 22.2. The molecular formula is C12H15N3O. The number of nitrogens with two attached hydrogens (primary N) is 1. The Morgan fingerprint density at radius 3 is 2.94 bits per heavy atom. The molecule has 0 radical (unpaired) electrons. The van der Waals surface area contributed by atoms with Gasteiger partial charge in [0.2, 0.25) is 0 Å². The number of nitrogens with zero attached hydrogens (tertiary/aromatic N) is 1. The van der Waals surface area contributed by atoms with Crippen molar-refractivity contribution in [3.8, 4) is 0 Å². The van der Waals surface area contributed by atoms with Crippen LogP contribution in [0.15, 0.2) is 22.6 Å². The van der Waals surface area contributed by atoms with Gasteiger partial charge < -0.3 is 15.5 Å². The number of oxazole rings is 1. The number of nitrogen functional groups attached to an aromatic ring is 1. The molecule has 0 bridgehead atoms. The van der Waals surface area contributed by atoms with Crippen LogP contribution in [0.25, 0.3) is 11.1 Å². The quantitative estimate of drug-likeness (QED) is 0.759. The van der Waals surface area contributed by atoms with Gasteiger partial charge in [-0.15, -0.1) is 0 Å². The minimum atomic E-state index is 0.361. The number of hydrogen-bond acceptors (Lipinski definition) is 4. The van der Waals surface area contributed by atoms with Crippen LogP contribution in [0.3, 0.4) is 0 Å². The standard InChI is InChI=1S/C12H15N3O/c1-12(2)6-10(12)15-11-14-8-4-3-7(13)5-9(8)16-11/h3-5,10H,6,13H2,1-2H3,(H,14,15). The molecular weight excluding hydrogens is 202 g/mol. The number of anilines is 2. The summed E-state index contributed by atoms with van der Waals surface area (Å²) in [6.45, 7) is 4.45. The average molecular weight is 217 g/mol. The summed E-state index contributed by atoms with van der Waals surface area (Å²) in [6, 6.07) is 6.56. The van der Waals surface area contributed by atoms with E-state index in [1.807, 2.05) is 12.1 Å². The highest BCUT2D eigenvalue weighted by molar-refractivity contribution is 5.78. The van der Waals surface area contributed by atoms with Gasteiger partial charge in [0.1, 0.15) is 5.52 Å². The molecule has 2 aromatic rings. The van der Waals surface area contributed by atoms with Crippen molar-refractivity contribution in [2.24, 2.45) is 5.41 Å². The Morgan fingerprint density at radius 2 is 2.25 bits per heavy atom. The SMILES string of the molecule is CC1(C)CC1Nc1nc2ccc(N)cc2o1. The molecule has 3 N–H and O–H groups in total. The molecule has 0 saturated heterocycles. The Bertz CT molecular complexity index is 544. The van der Waals surface area contributed by atoms with E-state index in [0.29, 0.717) is 23.2 Å². The Hall–Kier alpha value is -1.71. The molecule has 1 aliphatic rings. The summed E-state index contributed by atoms with van der Waals surface area (Å²) in [5, 5.41) is 3.30. The van der Waals surface area contributed by atoms with Gasteiger partial charge in [-0.2, -0.15) is 4.98 Å². The lowest BCUT2D eigenvalue weighted by atomic mass is 10.2. The lowest BCUT2D eigenvalue weighted by molar-refractivity contribution is 0.588. The van der Waals surface area contributed by atoms with Crippen LogP contribution in [0.2, 0.25) is 0 Å². The molecule has 1 aromatic heterocycles. The second-order valence-corrected chi connectivity index (χ2v) is 5.14. The largest absolute Gasteiger partial charge is 0.423 e. The molecule has 0 aliphatic heterocycles. The first kappa shape index (κ1) is 9.51. The molecule has 16 heavy (non-hydrogen) atoms. The second kappa shape index (κ2) is 2.90. The summed E-state index contributed by atoms with van der Waals surface area (Å²) >= 11 is 0. The summed E-state index contributed by atoms with van der Waals surface area (Å²) < 4.78 is 5.59. The fraction of sp³-hybridized carbons (Fsp3) is 0.417. The lowest BCUT2D eigenvalue weighted by Crippen LogP contribution is -2.08. The van der Waals surface area contributed by atoms with E-state index >= 15 is 0 Å². The highest BCUT2D eigenvalue weighted by Crippen LogP contribution is 2.46.